The molecule has 1 aromatic carbocycles. The van der Waals surface area contributed by atoms with Gasteiger partial charge in [-0.15, -0.1) is 0 Å². The number of hydrogen-bond acceptors (Lipinski definition) is 7. The van der Waals surface area contributed by atoms with Crippen LogP contribution in [0.25, 0.3) is 0 Å². The number of amides is 3. The van der Waals surface area contributed by atoms with Crippen molar-refractivity contribution in [3.05, 3.63) is 47.6 Å². The second-order valence-electron chi connectivity index (χ2n) is 9.16. The Morgan fingerprint density at radius 2 is 1.95 bits per heavy atom. The van der Waals surface area contributed by atoms with Crippen LogP contribution in [0.4, 0.5) is 11.4 Å². The van der Waals surface area contributed by atoms with Crippen LogP contribution in [0.2, 0.25) is 0 Å². The van der Waals surface area contributed by atoms with Crippen molar-refractivity contribution in [2.24, 2.45) is 0 Å². The predicted octanol–water partition coefficient (Wildman–Crippen LogP) is 3.65. The second kappa shape index (κ2) is 13.9. The van der Waals surface area contributed by atoms with Gasteiger partial charge in [0.15, 0.2) is 0 Å². The van der Waals surface area contributed by atoms with Crippen LogP contribution in [-0.2, 0) is 14.4 Å². The highest BCUT2D eigenvalue weighted by Gasteiger charge is 2.37. The van der Waals surface area contributed by atoms with Gasteiger partial charge >= 0.3 is 0 Å². The van der Waals surface area contributed by atoms with E-state index < -0.39 is 0 Å². The molecule has 2 aliphatic heterocycles. The van der Waals surface area contributed by atoms with E-state index in [-0.39, 0.29) is 34.6 Å². The molecule has 1 saturated carbocycles. The average molecular weight is 525 g/mol. The Morgan fingerprint density at radius 3 is 2.57 bits per heavy atom. The van der Waals surface area contributed by atoms with E-state index >= 15 is 0 Å². The van der Waals surface area contributed by atoms with Crippen molar-refractivity contribution >= 4 is 40.9 Å². The van der Waals surface area contributed by atoms with Gasteiger partial charge in [-0.25, -0.2) is 0 Å². The maximum absolute atomic E-state index is 11.9. The van der Waals surface area contributed by atoms with E-state index in [9.17, 15) is 14.4 Å². The lowest BCUT2D eigenvalue weighted by Crippen LogP contribution is -2.31. The van der Waals surface area contributed by atoms with E-state index in [0.29, 0.717) is 18.0 Å². The number of carbonyl (C=O) groups is 3. The van der Waals surface area contributed by atoms with Crippen LogP contribution in [0.3, 0.4) is 0 Å². The summed E-state index contributed by atoms with van der Waals surface area (Å²) in [6.45, 7) is 10.8. The third-order valence-corrected chi connectivity index (χ3v) is 7.40. The van der Waals surface area contributed by atoms with Crippen LogP contribution in [0.1, 0.15) is 46.0 Å². The molecule has 1 aliphatic carbocycles. The van der Waals surface area contributed by atoms with Gasteiger partial charge in [-0.05, 0) is 77.0 Å². The van der Waals surface area contributed by atoms with Crippen molar-refractivity contribution in [3.63, 3.8) is 0 Å². The molecular weight excluding hydrogens is 488 g/mol. The summed E-state index contributed by atoms with van der Waals surface area (Å²) in [7, 11) is 0. The van der Waals surface area contributed by atoms with Gasteiger partial charge in [0.05, 0.1) is 5.25 Å². The number of nitriles is 1. The molecule has 3 amide bonds. The fraction of sp³-hybridized carbons (Fsp3) is 0.481. The minimum Gasteiger partial charge on any atom is -0.362 e. The number of benzene rings is 1. The number of nitrogens with one attached hydrogen (secondary N) is 3. The molecule has 4 rings (SSSR count). The lowest BCUT2D eigenvalue weighted by Gasteiger charge is -2.15. The number of anilines is 2. The van der Waals surface area contributed by atoms with Gasteiger partial charge in [0, 0.05) is 36.9 Å². The average Bonchev–Trinajstić information content (AvgIpc) is 3.43. The van der Waals surface area contributed by atoms with E-state index in [0.717, 1.165) is 43.9 Å². The summed E-state index contributed by atoms with van der Waals surface area (Å²) < 4.78 is 0. The smallest absolute Gasteiger partial charge is 0.264 e. The van der Waals surface area contributed by atoms with E-state index in [1.807, 2.05) is 37.3 Å². The van der Waals surface area contributed by atoms with Gasteiger partial charge in [0.1, 0.15) is 16.7 Å². The Morgan fingerprint density at radius 1 is 1.24 bits per heavy atom. The summed E-state index contributed by atoms with van der Waals surface area (Å²) in [6, 6.07) is 9.77. The third kappa shape index (κ3) is 8.37. The third-order valence-electron chi connectivity index (χ3n) is 6.20. The number of thioether (sulfide) groups is 1. The van der Waals surface area contributed by atoms with Gasteiger partial charge in [0.25, 0.3) is 5.91 Å². The Kier molecular flexibility index (Phi) is 10.6. The molecule has 0 radical (unpaired) electrons. The summed E-state index contributed by atoms with van der Waals surface area (Å²) >= 11 is 1.29. The lowest BCUT2D eigenvalue weighted by atomic mass is 10.2. The molecule has 3 N–H and O–H groups in total. The molecule has 2 saturated heterocycles. The Hall–Kier alpha value is -3.29. The summed E-state index contributed by atoms with van der Waals surface area (Å²) in [5.41, 5.74) is 1.80. The van der Waals surface area contributed by atoms with E-state index in [2.05, 4.69) is 27.4 Å². The van der Waals surface area contributed by atoms with Crippen molar-refractivity contribution in [2.45, 2.75) is 57.2 Å². The molecule has 0 spiro atoms. The molecule has 1 aromatic rings. The van der Waals surface area contributed by atoms with E-state index in [1.165, 1.54) is 29.5 Å². The Labute approximate surface area is 223 Å². The van der Waals surface area contributed by atoms with Gasteiger partial charge < -0.3 is 25.8 Å². The highest BCUT2D eigenvalue weighted by atomic mass is 32.2. The Bertz CT molecular complexity index is 1070. The van der Waals surface area contributed by atoms with Gasteiger partial charge in [-0.2, -0.15) is 5.26 Å². The summed E-state index contributed by atoms with van der Waals surface area (Å²) in [6.07, 6.45) is 6.64. The van der Waals surface area contributed by atoms with Gasteiger partial charge in [-0.1, -0.05) is 24.4 Å². The maximum Gasteiger partial charge on any atom is 0.264 e. The molecule has 9 nitrogen and oxygen atoms in total. The predicted molar refractivity (Wildman–Crippen MR) is 147 cm³/mol. The first kappa shape index (κ1) is 28.3. The molecule has 1 atom stereocenters. The summed E-state index contributed by atoms with van der Waals surface area (Å²) in [5.74, 6) is -0.324. The Balaban J connectivity index is 0.000000206. The molecule has 10 heteroatoms. The summed E-state index contributed by atoms with van der Waals surface area (Å²) in [5, 5.41) is 18.1. The van der Waals surface area contributed by atoms with E-state index in [4.69, 9.17) is 5.26 Å². The van der Waals surface area contributed by atoms with E-state index in [1.54, 1.807) is 13.1 Å². The van der Waals surface area contributed by atoms with Gasteiger partial charge in [-0.3, -0.25) is 14.4 Å². The molecule has 0 bridgehead atoms. The monoisotopic (exact) mass is 524 g/mol. The highest BCUT2D eigenvalue weighted by Crippen LogP contribution is 2.37. The minimum atomic E-state index is -0.358. The zero-order chi connectivity index (χ0) is 26.8. The van der Waals surface area contributed by atoms with Crippen molar-refractivity contribution in [1.29, 1.82) is 5.26 Å². The number of carbonyl (C=O) groups excluding carboxylic acids is 3. The molecule has 37 heavy (non-hydrogen) atoms. The second-order valence-corrected chi connectivity index (χ2v) is 10.5. The van der Waals surface area contributed by atoms with Crippen LogP contribution in [0.5, 0.6) is 0 Å². The fourth-order valence-corrected chi connectivity index (χ4v) is 5.23. The molecule has 3 fully saturated rings. The minimum absolute atomic E-state index is 0.0375. The maximum atomic E-state index is 11.9. The van der Waals surface area contributed by atoms with Crippen molar-refractivity contribution in [1.82, 2.24) is 15.1 Å². The normalized spacial score (nSPS) is 20.4. The molecule has 0 aromatic heterocycles. The zero-order valence-electron chi connectivity index (χ0n) is 21.6. The highest BCUT2D eigenvalue weighted by molar-refractivity contribution is 8.04. The van der Waals surface area contributed by atoms with Crippen LogP contribution in [0.15, 0.2) is 47.6 Å². The molecule has 2 heterocycles. The van der Waals surface area contributed by atoms with Crippen LogP contribution >= 0.6 is 11.8 Å². The van der Waals surface area contributed by atoms with Crippen LogP contribution < -0.4 is 16.0 Å². The van der Waals surface area contributed by atoms with Crippen LogP contribution in [0, 0.1) is 11.3 Å². The number of rotatable bonds is 9. The molecule has 1 unspecified atom stereocenters. The summed E-state index contributed by atoms with van der Waals surface area (Å²) in [4.78, 5) is 39.5. The van der Waals surface area contributed by atoms with Crippen LogP contribution in [-0.4, -0.2) is 65.0 Å². The fourth-order valence-electron chi connectivity index (χ4n) is 4.07. The van der Waals surface area contributed by atoms with Crippen molar-refractivity contribution in [3.8, 4) is 6.07 Å². The first-order chi connectivity index (χ1) is 17.9. The molecule has 198 valence electrons. The topological polar surface area (TPSA) is 118 Å². The van der Waals surface area contributed by atoms with Crippen molar-refractivity contribution < 1.29 is 14.4 Å². The van der Waals surface area contributed by atoms with Crippen molar-refractivity contribution in [2.75, 3.05) is 36.8 Å². The first-order valence-electron chi connectivity index (χ1n) is 12.8. The number of hydrogen-bond donors (Lipinski definition) is 3. The first-order valence-corrected chi connectivity index (χ1v) is 13.7. The lowest BCUT2D eigenvalue weighted by molar-refractivity contribution is -0.127. The SMILES string of the molecule is C=CNc1cccc(NC(=O)CCN2CCCC2)c1.CCN1C(=O)C(C)S/C1=C(/C#N)C(=O)NC1CC1. The largest absolute Gasteiger partial charge is 0.362 e. The number of nitrogens with zero attached hydrogens (tertiary/aromatic N) is 3. The molecular formula is C27H36N6O3S. The van der Waals surface area contributed by atoms with Gasteiger partial charge in [0.2, 0.25) is 11.8 Å². The molecule has 3 aliphatic rings. The quantitative estimate of drug-likeness (QED) is 0.333. The standard InChI is InChI=1S/C15H21N3O.C12H15N3O2S/c1-2-16-13-6-5-7-14(12-13)17-15(19)8-11-18-9-3-4-10-18;1-3-15-11(17)7(2)18-12(15)9(6-13)10(16)14-8-4-5-8/h2,5-7,12,16H,1,3-4,8-11H2,(H,17,19);7-8H,3-5H2,1-2H3,(H,14,16)/b;12-9-. The number of likely N-dealkylation sites (tertiary alicyclic amines) is 1. The zero-order valence-corrected chi connectivity index (χ0v) is 22.4.